The Morgan fingerprint density at radius 3 is 2.07 bits per heavy atom. The molecule has 0 amide bonds. The molecule has 0 bridgehead atoms. The molecule has 2 aliphatic carbocycles. The van der Waals surface area contributed by atoms with E-state index >= 15 is 0 Å². The van der Waals surface area contributed by atoms with Crippen molar-refractivity contribution in [2.75, 3.05) is 0 Å². The molecule has 0 radical (unpaired) electrons. The first kappa shape index (κ1) is 26.0. The first-order valence-corrected chi connectivity index (χ1v) is 10.6. The molecule has 0 nitrogen and oxygen atoms in total. The summed E-state index contributed by atoms with van der Waals surface area (Å²) >= 11 is 1.69. The quantitative estimate of drug-likeness (QED) is 0.301. The Kier molecular flexibility index (Phi) is 11.9. The average molecular weight is 511 g/mol. The van der Waals surface area contributed by atoms with E-state index in [2.05, 4.69) is 6.07 Å². The van der Waals surface area contributed by atoms with Gasteiger partial charge in [-0.15, -0.1) is 23.3 Å². The molecule has 2 aliphatic rings. The van der Waals surface area contributed by atoms with Crippen molar-refractivity contribution in [2.45, 2.75) is 38.5 Å². The van der Waals surface area contributed by atoms with Crippen LogP contribution in [-0.2, 0) is 30.7 Å². The summed E-state index contributed by atoms with van der Waals surface area (Å²) < 4.78 is 27.9. The third-order valence-corrected chi connectivity index (χ3v) is 5.96. The second-order valence-electron chi connectivity index (χ2n) is 6.81. The van der Waals surface area contributed by atoms with Gasteiger partial charge in [0.15, 0.2) is 0 Å². The Balaban J connectivity index is 0.000000252. The molecule has 0 aromatic heterocycles. The zero-order valence-electron chi connectivity index (χ0n) is 16.0. The van der Waals surface area contributed by atoms with E-state index in [4.69, 9.17) is 0 Å². The maximum absolute atomic E-state index is 13.1. The molecule has 3 aromatic rings. The molecule has 3 aromatic carbocycles. The van der Waals surface area contributed by atoms with Gasteiger partial charge in [0.05, 0.1) is 0 Å². The van der Waals surface area contributed by atoms with Crippen molar-refractivity contribution in [2.24, 2.45) is 0 Å². The van der Waals surface area contributed by atoms with Gasteiger partial charge >= 0.3 is 59.5 Å². The first-order chi connectivity index (χ1) is 13.1. The van der Waals surface area contributed by atoms with E-state index in [0.29, 0.717) is 6.42 Å². The molecule has 0 unspecified atom stereocenters. The standard InChI is InChI=1S/C13H7F2.C6H10.C5H5.2ClH.Zr/c14-10-3-1-8-5-9-2-4-11(15)7-13(9)12(8)6-10;1-2-4-6-5-3-1;1-2-4-5-3-1;;;/h1,3-4,6-7H,5H2;1-5H2;1-5H;2*1H;/q-1;;-1;;;+2/p-2. The second-order valence-corrected chi connectivity index (χ2v) is 8.55. The Labute approximate surface area is 199 Å². The van der Waals surface area contributed by atoms with Crippen LogP contribution < -0.4 is 24.8 Å². The molecule has 0 N–H and O–H groups in total. The Morgan fingerprint density at radius 1 is 0.862 bits per heavy atom. The minimum atomic E-state index is -0.328. The summed E-state index contributed by atoms with van der Waals surface area (Å²) in [6, 6.07) is 20.3. The van der Waals surface area contributed by atoms with E-state index < -0.39 is 0 Å². The van der Waals surface area contributed by atoms with E-state index in [0.717, 1.165) is 22.3 Å². The molecule has 29 heavy (non-hydrogen) atoms. The Bertz CT molecular complexity index is 817. The molecule has 0 spiro atoms. The minimum Gasteiger partial charge on any atom is -0.214 e. The number of rotatable bonds is 0. The third kappa shape index (κ3) is 7.97. The maximum atomic E-state index is 13.1. The summed E-state index contributed by atoms with van der Waals surface area (Å²) in [5, 5.41) is 0. The zero-order chi connectivity index (χ0) is 19.1. The van der Waals surface area contributed by atoms with Crippen molar-refractivity contribution in [3.63, 3.8) is 0 Å². The van der Waals surface area contributed by atoms with Gasteiger partial charge in [-0.05, 0) is 24.1 Å². The van der Waals surface area contributed by atoms with Gasteiger partial charge in [-0.3, -0.25) is 4.39 Å². The van der Waals surface area contributed by atoms with Gasteiger partial charge in [0.25, 0.3) is 0 Å². The summed E-state index contributed by atoms with van der Waals surface area (Å²) in [4.78, 5) is 0. The van der Waals surface area contributed by atoms with Crippen LogP contribution in [0, 0.1) is 17.7 Å². The van der Waals surface area contributed by atoms with Gasteiger partial charge in [-0.2, -0.15) is 24.3 Å². The van der Waals surface area contributed by atoms with Crippen molar-refractivity contribution < 1.29 is 57.8 Å². The molecule has 1 saturated carbocycles. The minimum absolute atomic E-state index is 0. The number of fused-ring (bicyclic) bond motifs is 3. The fraction of sp³-hybridized carbons (Fsp3) is 0.250. The summed E-state index contributed by atoms with van der Waals surface area (Å²) in [5.41, 5.74) is 3.54. The predicted octanol–water partition coefficient (Wildman–Crippen LogP) is 0.419. The van der Waals surface area contributed by atoms with E-state index in [9.17, 15) is 8.78 Å². The molecule has 152 valence electrons. The third-order valence-electron chi connectivity index (χ3n) is 4.73. The molecule has 1 fully saturated rings. The van der Waals surface area contributed by atoms with Crippen molar-refractivity contribution in [3.05, 3.63) is 89.5 Å². The predicted molar refractivity (Wildman–Crippen MR) is 104 cm³/mol. The monoisotopic (exact) mass is 508 g/mol. The van der Waals surface area contributed by atoms with Crippen LogP contribution in [0.5, 0.6) is 0 Å². The SMILES string of the molecule is Fc1c[c-]c2c(c1)-c1cc(F)ccc1C2.[Cl-].[Cl-].[Zr+2]=[C]1CCCCC1.c1cc[cH-]c1. The van der Waals surface area contributed by atoms with Crippen molar-refractivity contribution in [3.8, 4) is 11.1 Å². The molecule has 5 rings (SSSR count). The Hall–Kier alpha value is -1.02. The van der Waals surface area contributed by atoms with Gasteiger partial charge in [-0.25, -0.2) is 16.5 Å². The largest absolute Gasteiger partial charge is 0.214 e. The Morgan fingerprint density at radius 2 is 1.52 bits per heavy atom. The first-order valence-electron chi connectivity index (χ1n) is 9.35. The smallest absolute Gasteiger partial charge is 0.172 e. The fourth-order valence-corrected chi connectivity index (χ4v) is 4.20. The molecule has 0 saturated heterocycles. The van der Waals surface area contributed by atoms with Crippen molar-refractivity contribution in [1.29, 1.82) is 0 Å². The van der Waals surface area contributed by atoms with E-state index in [1.807, 2.05) is 30.3 Å². The number of halogens is 4. The summed E-state index contributed by atoms with van der Waals surface area (Å²) in [5.74, 6) is -0.614. The summed E-state index contributed by atoms with van der Waals surface area (Å²) in [6.45, 7) is 0. The van der Waals surface area contributed by atoms with E-state index in [1.165, 1.54) is 56.4 Å². The fourth-order valence-electron chi connectivity index (χ4n) is 3.33. The zero-order valence-corrected chi connectivity index (χ0v) is 20.0. The topological polar surface area (TPSA) is 0 Å². The molecular formula is C24H22Cl2F2Zr-2. The summed E-state index contributed by atoms with van der Waals surface area (Å²) in [6.07, 6.45) is 8.03. The van der Waals surface area contributed by atoms with Crippen LogP contribution in [0.3, 0.4) is 0 Å². The van der Waals surface area contributed by atoms with Crippen LogP contribution in [0.25, 0.3) is 11.1 Å². The maximum Gasteiger partial charge on any atom is -0.172 e. The molecular weight excluding hydrogens is 488 g/mol. The van der Waals surface area contributed by atoms with E-state index in [1.54, 1.807) is 33.5 Å². The van der Waals surface area contributed by atoms with Crippen LogP contribution in [0.1, 0.15) is 43.2 Å². The van der Waals surface area contributed by atoms with Crippen molar-refractivity contribution >= 4 is 3.21 Å². The molecule has 5 heteroatoms. The average Bonchev–Trinajstić information content (AvgIpc) is 3.35. The number of benzene rings is 2. The molecule has 0 heterocycles. The molecule has 0 aliphatic heterocycles. The summed E-state index contributed by atoms with van der Waals surface area (Å²) in [7, 11) is 0. The van der Waals surface area contributed by atoms with Crippen LogP contribution in [-0.4, -0.2) is 3.21 Å². The van der Waals surface area contributed by atoms with Crippen LogP contribution >= 0.6 is 0 Å². The molecule has 0 atom stereocenters. The van der Waals surface area contributed by atoms with Gasteiger partial charge in [0, 0.05) is 5.82 Å². The van der Waals surface area contributed by atoms with Crippen LogP contribution in [0.4, 0.5) is 8.78 Å². The second kappa shape index (κ2) is 13.3. The van der Waals surface area contributed by atoms with Gasteiger partial charge < -0.3 is 24.8 Å². The van der Waals surface area contributed by atoms with Crippen LogP contribution in [0.2, 0.25) is 0 Å². The van der Waals surface area contributed by atoms with Gasteiger partial charge in [0.2, 0.25) is 0 Å². The van der Waals surface area contributed by atoms with Crippen LogP contribution in [0.15, 0.2) is 60.7 Å². The number of hydrogen-bond acceptors (Lipinski definition) is 0. The normalized spacial score (nSPS) is 13.3. The van der Waals surface area contributed by atoms with Gasteiger partial charge in [0.1, 0.15) is 5.82 Å². The number of hydrogen-bond donors (Lipinski definition) is 0. The van der Waals surface area contributed by atoms with Crippen molar-refractivity contribution in [1.82, 2.24) is 0 Å². The van der Waals surface area contributed by atoms with E-state index in [-0.39, 0.29) is 36.4 Å². The van der Waals surface area contributed by atoms with Gasteiger partial charge in [-0.1, -0.05) is 11.6 Å².